The summed E-state index contributed by atoms with van der Waals surface area (Å²) in [7, 11) is 2.03. The lowest BCUT2D eigenvalue weighted by molar-refractivity contribution is -0.148. The topological polar surface area (TPSA) is 82.1 Å². The Kier molecular flexibility index (Phi) is 4.19. The van der Waals surface area contributed by atoms with Crippen molar-refractivity contribution in [1.29, 1.82) is 0 Å². The number of hydrogen-bond acceptors (Lipinski definition) is 4. The smallest absolute Gasteiger partial charge is 0.317 e. The number of aliphatic carboxylic acids is 1. The molecule has 3 atom stereocenters. The van der Waals surface area contributed by atoms with Crippen LogP contribution in [0.1, 0.15) is 13.8 Å². The van der Waals surface area contributed by atoms with Gasteiger partial charge in [0.2, 0.25) is 0 Å². The van der Waals surface area contributed by atoms with Gasteiger partial charge in [-0.3, -0.25) is 4.79 Å². The van der Waals surface area contributed by atoms with Gasteiger partial charge >= 0.3 is 12.0 Å². The Morgan fingerprint density at radius 1 is 1.40 bits per heavy atom. The third-order valence-corrected chi connectivity index (χ3v) is 4.49. The summed E-state index contributed by atoms with van der Waals surface area (Å²) in [6, 6.07) is -0.379. The number of hydrogen-bond donors (Lipinski definition) is 2. The Bertz CT molecular complexity index is 403. The monoisotopic (exact) mass is 285 g/mol. The van der Waals surface area contributed by atoms with Gasteiger partial charge in [-0.1, -0.05) is 0 Å². The highest BCUT2D eigenvalue weighted by Gasteiger charge is 2.47. The van der Waals surface area contributed by atoms with E-state index in [1.807, 2.05) is 7.05 Å². The fourth-order valence-corrected chi connectivity index (χ4v) is 2.56. The molecule has 0 aromatic carbocycles. The van der Waals surface area contributed by atoms with E-state index in [1.54, 1.807) is 11.8 Å². The molecule has 20 heavy (non-hydrogen) atoms. The van der Waals surface area contributed by atoms with E-state index < -0.39 is 17.4 Å². The minimum Gasteiger partial charge on any atom is -0.481 e. The summed E-state index contributed by atoms with van der Waals surface area (Å²) in [6.07, 6.45) is 0. The Morgan fingerprint density at radius 2 is 2.10 bits per heavy atom. The third kappa shape index (κ3) is 2.73. The number of nitrogens with one attached hydrogen (secondary N) is 1. The highest BCUT2D eigenvalue weighted by atomic mass is 16.5. The minimum atomic E-state index is -1.05. The number of carbonyl (C=O) groups excluding carboxylic acids is 1. The van der Waals surface area contributed by atoms with Gasteiger partial charge in [-0.15, -0.1) is 0 Å². The Morgan fingerprint density at radius 3 is 2.70 bits per heavy atom. The van der Waals surface area contributed by atoms with E-state index in [1.165, 1.54) is 0 Å². The van der Waals surface area contributed by atoms with Crippen molar-refractivity contribution in [2.75, 3.05) is 39.9 Å². The number of amides is 2. The van der Waals surface area contributed by atoms with Crippen LogP contribution in [-0.2, 0) is 9.53 Å². The number of carboxylic acids is 1. The number of urea groups is 1. The van der Waals surface area contributed by atoms with E-state index in [9.17, 15) is 14.7 Å². The molecular weight excluding hydrogens is 262 g/mol. The van der Waals surface area contributed by atoms with Crippen molar-refractivity contribution in [3.63, 3.8) is 0 Å². The van der Waals surface area contributed by atoms with Crippen molar-refractivity contribution in [3.8, 4) is 0 Å². The SMILES string of the molecule is CC1CN(C(=O)NC2COCC2(C)C(=O)O)CCN1C. The van der Waals surface area contributed by atoms with Crippen LogP contribution in [0.4, 0.5) is 4.79 Å². The molecule has 0 aromatic rings. The average Bonchev–Trinajstić information content (AvgIpc) is 2.75. The van der Waals surface area contributed by atoms with Crippen LogP contribution in [0.5, 0.6) is 0 Å². The molecule has 2 rings (SSSR count). The number of nitrogens with zero attached hydrogens (tertiary/aromatic N) is 2. The van der Waals surface area contributed by atoms with E-state index >= 15 is 0 Å². The van der Waals surface area contributed by atoms with Crippen molar-refractivity contribution in [2.45, 2.75) is 25.9 Å². The molecule has 7 heteroatoms. The highest BCUT2D eigenvalue weighted by Crippen LogP contribution is 2.28. The van der Waals surface area contributed by atoms with Crippen LogP contribution in [0.3, 0.4) is 0 Å². The van der Waals surface area contributed by atoms with E-state index in [2.05, 4.69) is 17.1 Å². The molecule has 0 bridgehead atoms. The van der Waals surface area contributed by atoms with Crippen LogP contribution in [0.2, 0.25) is 0 Å². The molecule has 114 valence electrons. The molecule has 2 heterocycles. The van der Waals surface area contributed by atoms with Crippen molar-refractivity contribution >= 4 is 12.0 Å². The van der Waals surface area contributed by atoms with Crippen molar-refractivity contribution < 1.29 is 19.4 Å². The van der Waals surface area contributed by atoms with Crippen molar-refractivity contribution in [1.82, 2.24) is 15.1 Å². The number of piperazine rings is 1. The fourth-order valence-electron chi connectivity index (χ4n) is 2.56. The second kappa shape index (κ2) is 5.57. The number of ether oxygens (including phenoxy) is 1. The van der Waals surface area contributed by atoms with Crippen molar-refractivity contribution in [2.24, 2.45) is 5.41 Å². The van der Waals surface area contributed by atoms with Gasteiger partial charge in [0, 0.05) is 25.7 Å². The standard InChI is InChI=1S/C13H23N3O4/c1-9-6-16(5-4-15(9)3)12(19)14-10-7-20-8-13(10,2)11(17)18/h9-10H,4-8H2,1-3H3,(H,14,19)(H,17,18). The van der Waals surface area contributed by atoms with Crippen LogP contribution in [0, 0.1) is 5.41 Å². The van der Waals surface area contributed by atoms with Crippen molar-refractivity contribution in [3.05, 3.63) is 0 Å². The second-order valence-electron chi connectivity index (χ2n) is 6.02. The molecule has 2 aliphatic rings. The van der Waals surface area contributed by atoms with Gasteiger partial charge in [-0.2, -0.15) is 0 Å². The molecule has 0 radical (unpaired) electrons. The molecule has 2 aliphatic heterocycles. The molecule has 0 aromatic heterocycles. The molecule has 7 nitrogen and oxygen atoms in total. The van der Waals surface area contributed by atoms with Gasteiger partial charge in [-0.25, -0.2) is 4.79 Å². The number of rotatable bonds is 2. The lowest BCUT2D eigenvalue weighted by atomic mass is 9.85. The fraction of sp³-hybridized carbons (Fsp3) is 0.846. The average molecular weight is 285 g/mol. The Hall–Kier alpha value is -1.34. The second-order valence-corrected chi connectivity index (χ2v) is 6.02. The maximum Gasteiger partial charge on any atom is 0.317 e. The van der Waals surface area contributed by atoms with Gasteiger partial charge in [0.05, 0.1) is 19.3 Å². The van der Waals surface area contributed by atoms with E-state index in [0.29, 0.717) is 19.1 Å². The normalized spacial score (nSPS) is 35.0. The molecule has 2 N–H and O–H groups in total. The predicted molar refractivity (Wildman–Crippen MR) is 72.5 cm³/mol. The molecule has 2 amide bonds. The summed E-state index contributed by atoms with van der Waals surface area (Å²) >= 11 is 0. The van der Waals surface area contributed by atoms with E-state index in [0.717, 1.165) is 6.54 Å². The summed E-state index contributed by atoms with van der Waals surface area (Å²) in [5, 5.41) is 12.1. The van der Waals surface area contributed by atoms with E-state index in [-0.39, 0.29) is 19.2 Å². The van der Waals surface area contributed by atoms with Crippen LogP contribution in [0.15, 0.2) is 0 Å². The number of carboxylic acid groups (broad SMARTS) is 1. The number of carbonyl (C=O) groups is 2. The highest BCUT2D eigenvalue weighted by molar-refractivity contribution is 5.79. The Labute approximate surface area is 118 Å². The zero-order valence-corrected chi connectivity index (χ0v) is 12.3. The summed E-state index contributed by atoms with van der Waals surface area (Å²) in [4.78, 5) is 27.5. The maximum absolute atomic E-state index is 12.3. The van der Waals surface area contributed by atoms with Gasteiger partial charge in [-0.05, 0) is 20.9 Å². The first kappa shape index (κ1) is 15.1. The first-order chi connectivity index (χ1) is 9.34. The number of likely N-dealkylation sites (N-methyl/N-ethyl adjacent to an activating group) is 1. The minimum absolute atomic E-state index is 0.131. The summed E-state index contributed by atoms with van der Waals surface area (Å²) < 4.78 is 5.24. The largest absolute Gasteiger partial charge is 0.481 e. The maximum atomic E-state index is 12.3. The zero-order valence-electron chi connectivity index (χ0n) is 12.3. The molecular formula is C13H23N3O4. The van der Waals surface area contributed by atoms with Gasteiger partial charge in [0.15, 0.2) is 0 Å². The summed E-state index contributed by atoms with van der Waals surface area (Å²) in [5.74, 6) is -0.938. The molecule has 2 fully saturated rings. The summed E-state index contributed by atoms with van der Waals surface area (Å²) in [6.45, 7) is 6.19. The molecule has 0 aliphatic carbocycles. The van der Waals surface area contributed by atoms with E-state index in [4.69, 9.17) is 4.74 Å². The quantitative estimate of drug-likeness (QED) is 0.735. The zero-order chi connectivity index (χ0) is 14.9. The molecule has 0 saturated carbocycles. The van der Waals surface area contributed by atoms with Crippen LogP contribution in [0.25, 0.3) is 0 Å². The van der Waals surface area contributed by atoms with Gasteiger partial charge in [0.25, 0.3) is 0 Å². The predicted octanol–water partition coefficient (Wildman–Crippen LogP) is -0.178. The molecule has 2 saturated heterocycles. The lowest BCUT2D eigenvalue weighted by Crippen LogP contribution is -2.58. The molecule has 0 spiro atoms. The summed E-state index contributed by atoms with van der Waals surface area (Å²) in [5.41, 5.74) is -1.05. The van der Waals surface area contributed by atoms with Gasteiger partial charge in [0.1, 0.15) is 5.41 Å². The lowest BCUT2D eigenvalue weighted by Gasteiger charge is -2.38. The van der Waals surface area contributed by atoms with Crippen LogP contribution in [-0.4, -0.2) is 78.9 Å². The first-order valence-corrected chi connectivity index (χ1v) is 6.91. The van der Waals surface area contributed by atoms with Gasteiger partial charge < -0.3 is 25.0 Å². The van der Waals surface area contributed by atoms with Crippen LogP contribution < -0.4 is 5.32 Å². The Balaban J connectivity index is 1.96. The third-order valence-electron chi connectivity index (χ3n) is 4.49. The molecule has 3 unspecified atom stereocenters. The first-order valence-electron chi connectivity index (χ1n) is 6.91. The van der Waals surface area contributed by atoms with Crippen LogP contribution >= 0.6 is 0 Å².